The Morgan fingerprint density at radius 1 is 1.10 bits per heavy atom. The van der Waals surface area contributed by atoms with Crippen molar-refractivity contribution in [2.45, 2.75) is 11.8 Å². The first-order valence-electron chi connectivity index (χ1n) is 6.03. The molecule has 0 radical (unpaired) electrons. The predicted molar refractivity (Wildman–Crippen MR) is 83.0 cm³/mol. The Bertz CT molecular complexity index is 761. The lowest BCUT2D eigenvalue weighted by Crippen LogP contribution is -2.13. The predicted octanol–water partition coefficient (Wildman–Crippen LogP) is 3.10. The van der Waals surface area contributed by atoms with Crippen LogP contribution in [-0.2, 0) is 14.8 Å². The fourth-order valence-corrected chi connectivity index (χ4v) is 2.98. The van der Waals surface area contributed by atoms with Gasteiger partial charge in [-0.15, -0.1) is 0 Å². The highest BCUT2D eigenvalue weighted by atomic mass is 35.5. The number of carbonyl (C=O) groups is 1. The van der Waals surface area contributed by atoms with E-state index in [1.165, 1.54) is 37.3 Å². The monoisotopic (exact) mass is 324 g/mol. The molecule has 0 spiro atoms. The lowest BCUT2D eigenvalue weighted by molar-refractivity contribution is -0.114. The van der Waals surface area contributed by atoms with Crippen LogP contribution in [-0.4, -0.2) is 14.3 Å². The van der Waals surface area contributed by atoms with Crippen LogP contribution in [0.15, 0.2) is 53.4 Å². The van der Waals surface area contributed by atoms with E-state index in [4.69, 9.17) is 11.6 Å². The Balaban J connectivity index is 2.24. The Morgan fingerprint density at radius 2 is 1.76 bits per heavy atom. The number of anilines is 2. The van der Waals surface area contributed by atoms with Crippen LogP contribution in [0.5, 0.6) is 0 Å². The maximum Gasteiger partial charge on any atom is 0.261 e. The molecule has 1 amide bonds. The van der Waals surface area contributed by atoms with Crippen molar-refractivity contribution in [2.75, 3.05) is 10.0 Å². The minimum Gasteiger partial charge on any atom is -0.325 e. The van der Waals surface area contributed by atoms with Crippen molar-refractivity contribution in [3.63, 3.8) is 0 Å². The molecule has 2 N–H and O–H groups in total. The number of halogens is 1. The second-order valence-corrected chi connectivity index (χ2v) is 6.38. The number of benzene rings is 2. The molecule has 2 rings (SSSR count). The van der Waals surface area contributed by atoms with Crippen molar-refractivity contribution < 1.29 is 13.2 Å². The van der Waals surface area contributed by atoms with Gasteiger partial charge in [-0.1, -0.05) is 29.8 Å². The Kier molecular flexibility index (Phi) is 4.50. The molecule has 0 heterocycles. The SMILES string of the molecule is CC(=O)Nc1ccc(NS(=O)(=O)c2ccccc2)cc1Cl. The highest BCUT2D eigenvalue weighted by molar-refractivity contribution is 7.92. The lowest BCUT2D eigenvalue weighted by Gasteiger charge is -2.10. The smallest absolute Gasteiger partial charge is 0.261 e. The van der Waals surface area contributed by atoms with Gasteiger partial charge in [0.05, 0.1) is 21.3 Å². The second-order valence-electron chi connectivity index (χ2n) is 4.29. The highest BCUT2D eigenvalue weighted by Gasteiger charge is 2.14. The number of rotatable bonds is 4. The maximum atomic E-state index is 12.2. The molecular formula is C14H13ClN2O3S. The molecule has 0 saturated heterocycles. The van der Waals surface area contributed by atoms with Crippen LogP contribution in [0.25, 0.3) is 0 Å². The second kappa shape index (κ2) is 6.15. The minimum absolute atomic E-state index is 0.159. The van der Waals surface area contributed by atoms with Crippen molar-refractivity contribution in [1.29, 1.82) is 0 Å². The summed E-state index contributed by atoms with van der Waals surface area (Å²) in [5.41, 5.74) is 0.741. The minimum atomic E-state index is -3.66. The Hall–Kier alpha value is -2.05. The molecule has 2 aromatic carbocycles. The van der Waals surface area contributed by atoms with Crippen LogP contribution in [0.3, 0.4) is 0 Å². The first-order valence-corrected chi connectivity index (χ1v) is 7.89. The van der Waals surface area contributed by atoms with Crippen LogP contribution in [0, 0.1) is 0 Å². The van der Waals surface area contributed by atoms with E-state index < -0.39 is 10.0 Å². The van der Waals surface area contributed by atoms with Crippen LogP contribution < -0.4 is 10.0 Å². The molecule has 2 aromatic rings. The summed E-state index contributed by atoms with van der Waals surface area (Å²) in [6.45, 7) is 1.36. The van der Waals surface area contributed by atoms with E-state index in [0.717, 1.165) is 0 Å². The van der Waals surface area contributed by atoms with Crippen LogP contribution in [0.4, 0.5) is 11.4 Å². The van der Waals surface area contributed by atoms with E-state index in [9.17, 15) is 13.2 Å². The molecule has 0 aliphatic heterocycles. The third kappa shape index (κ3) is 3.96. The van der Waals surface area contributed by atoms with E-state index >= 15 is 0 Å². The topological polar surface area (TPSA) is 75.3 Å². The molecule has 110 valence electrons. The summed E-state index contributed by atoms with van der Waals surface area (Å²) in [5.74, 6) is -0.255. The number of amides is 1. The summed E-state index contributed by atoms with van der Waals surface area (Å²) in [6, 6.07) is 12.5. The molecule has 0 aliphatic carbocycles. The molecule has 0 aliphatic rings. The zero-order chi connectivity index (χ0) is 15.5. The van der Waals surface area contributed by atoms with Crippen molar-refractivity contribution in [3.8, 4) is 0 Å². The first-order chi connectivity index (χ1) is 9.88. The Labute approximate surface area is 128 Å². The summed E-state index contributed by atoms with van der Waals surface area (Å²) < 4.78 is 26.7. The molecule has 0 unspecified atom stereocenters. The fraction of sp³-hybridized carbons (Fsp3) is 0.0714. The number of hydrogen-bond acceptors (Lipinski definition) is 3. The zero-order valence-electron chi connectivity index (χ0n) is 11.1. The maximum absolute atomic E-state index is 12.2. The van der Waals surface area contributed by atoms with Gasteiger partial charge >= 0.3 is 0 Å². The number of sulfonamides is 1. The molecule has 5 nitrogen and oxygen atoms in total. The van der Waals surface area contributed by atoms with E-state index in [1.807, 2.05) is 0 Å². The van der Waals surface area contributed by atoms with E-state index in [1.54, 1.807) is 18.2 Å². The summed E-state index contributed by atoms with van der Waals surface area (Å²) in [6.07, 6.45) is 0. The van der Waals surface area contributed by atoms with Gasteiger partial charge in [-0.3, -0.25) is 9.52 Å². The van der Waals surface area contributed by atoms with Gasteiger partial charge in [0.2, 0.25) is 5.91 Å². The molecule has 0 aromatic heterocycles. The normalized spacial score (nSPS) is 11.0. The molecule has 0 atom stereocenters. The van der Waals surface area contributed by atoms with Crippen LogP contribution >= 0.6 is 11.6 Å². The van der Waals surface area contributed by atoms with Crippen molar-refractivity contribution in [2.24, 2.45) is 0 Å². The average Bonchev–Trinajstić information content (AvgIpc) is 2.42. The van der Waals surface area contributed by atoms with Gasteiger partial charge < -0.3 is 5.32 Å². The zero-order valence-corrected chi connectivity index (χ0v) is 12.7. The summed E-state index contributed by atoms with van der Waals surface area (Å²) in [7, 11) is -3.66. The van der Waals surface area contributed by atoms with Gasteiger partial charge in [0.15, 0.2) is 0 Å². The molecule has 0 saturated carbocycles. The summed E-state index contributed by atoms with van der Waals surface area (Å²) in [5, 5.41) is 2.80. The van der Waals surface area contributed by atoms with E-state index in [-0.39, 0.29) is 15.8 Å². The highest BCUT2D eigenvalue weighted by Crippen LogP contribution is 2.26. The third-order valence-electron chi connectivity index (χ3n) is 2.59. The van der Waals surface area contributed by atoms with Gasteiger partial charge in [-0.2, -0.15) is 0 Å². The molecule has 21 heavy (non-hydrogen) atoms. The number of nitrogens with one attached hydrogen (secondary N) is 2. The van der Waals surface area contributed by atoms with Crippen LogP contribution in [0.1, 0.15) is 6.92 Å². The molecule has 7 heteroatoms. The Morgan fingerprint density at radius 3 is 2.33 bits per heavy atom. The number of hydrogen-bond donors (Lipinski definition) is 2. The molecule has 0 fully saturated rings. The van der Waals surface area contributed by atoms with Crippen molar-refractivity contribution >= 4 is 38.9 Å². The van der Waals surface area contributed by atoms with Gasteiger partial charge in [-0.05, 0) is 30.3 Å². The van der Waals surface area contributed by atoms with E-state index in [2.05, 4.69) is 10.0 Å². The quantitative estimate of drug-likeness (QED) is 0.907. The lowest BCUT2D eigenvalue weighted by atomic mass is 10.3. The van der Waals surface area contributed by atoms with Crippen LogP contribution in [0.2, 0.25) is 5.02 Å². The van der Waals surface area contributed by atoms with Crippen molar-refractivity contribution in [1.82, 2.24) is 0 Å². The van der Waals surface area contributed by atoms with Gasteiger partial charge in [0.1, 0.15) is 0 Å². The first kappa shape index (κ1) is 15.3. The largest absolute Gasteiger partial charge is 0.325 e. The van der Waals surface area contributed by atoms with Gasteiger partial charge in [0.25, 0.3) is 10.0 Å². The average molecular weight is 325 g/mol. The third-order valence-corrected chi connectivity index (χ3v) is 4.30. The summed E-state index contributed by atoms with van der Waals surface area (Å²) in [4.78, 5) is 11.1. The summed E-state index contributed by atoms with van der Waals surface area (Å²) >= 11 is 6.00. The number of carbonyl (C=O) groups excluding carboxylic acids is 1. The van der Waals surface area contributed by atoms with Gasteiger partial charge in [-0.25, -0.2) is 8.42 Å². The standard InChI is InChI=1S/C14H13ClN2O3S/c1-10(18)16-14-8-7-11(9-13(14)15)17-21(19,20)12-5-3-2-4-6-12/h2-9,17H,1H3,(H,16,18). The van der Waals surface area contributed by atoms with Crippen molar-refractivity contribution in [3.05, 3.63) is 53.6 Å². The molecular weight excluding hydrogens is 312 g/mol. The van der Waals surface area contributed by atoms with E-state index in [0.29, 0.717) is 11.4 Å². The fourth-order valence-electron chi connectivity index (χ4n) is 1.68. The van der Waals surface area contributed by atoms with Gasteiger partial charge in [0, 0.05) is 6.92 Å². The molecule has 0 bridgehead atoms.